The Morgan fingerprint density at radius 1 is 1.05 bits per heavy atom. The highest BCUT2D eigenvalue weighted by atomic mass is 16.4. The molecule has 19 heavy (non-hydrogen) atoms. The number of amides is 1. The molecular weight excluding hydrogens is 242 g/mol. The Labute approximate surface area is 111 Å². The molecule has 2 bridgehead atoms. The molecule has 4 nitrogen and oxygen atoms in total. The first-order chi connectivity index (χ1) is 9.16. The molecule has 0 unspecified atom stereocenters. The topological polar surface area (TPSA) is 66.4 Å². The molecule has 1 fully saturated rings. The van der Waals surface area contributed by atoms with E-state index in [0.29, 0.717) is 5.69 Å². The zero-order valence-electron chi connectivity index (χ0n) is 10.3. The number of carbonyl (C=O) groups excluding carboxylic acids is 1. The van der Waals surface area contributed by atoms with Gasteiger partial charge in [-0.25, -0.2) is 0 Å². The molecule has 1 aromatic carbocycles. The number of aliphatic carboxylic acids is 1. The van der Waals surface area contributed by atoms with Gasteiger partial charge in [0.2, 0.25) is 5.91 Å². The van der Waals surface area contributed by atoms with Crippen molar-refractivity contribution in [1.82, 2.24) is 0 Å². The van der Waals surface area contributed by atoms with Crippen LogP contribution in [0.4, 0.5) is 5.69 Å². The Balaban J connectivity index is 1.79. The Kier molecular flexibility index (Phi) is 2.85. The molecule has 1 amide bonds. The zero-order chi connectivity index (χ0) is 13.4. The first kappa shape index (κ1) is 12.0. The number of allylic oxidation sites excluding steroid dienone is 2. The lowest BCUT2D eigenvalue weighted by molar-refractivity contribution is -0.146. The van der Waals surface area contributed by atoms with Gasteiger partial charge >= 0.3 is 5.97 Å². The maximum Gasteiger partial charge on any atom is 0.307 e. The highest BCUT2D eigenvalue weighted by molar-refractivity contribution is 5.96. The molecule has 3 rings (SSSR count). The number of rotatable bonds is 3. The fourth-order valence-electron chi connectivity index (χ4n) is 3.26. The lowest BCUT2D eigenvalue weighted by Crippen LogP contribution is -2.36. The number of carbonyl (C=O) groups is 2. The Morgan fingerprint density at radius 3 is 2.32 bits per heavy atom. The largest absolute Gasteiger partial charge is 0.481 e. The summed E-state index contributed by atoms with van der Waals surface area (Å²) in [6, 6.07) is 9.15. The minimum Gasteiger partial charge on any atom is -0.481 e. The van der Waals surface area contributed by atoms with Crippen LogP contribution >= 0.6 is 0 Å². The molecule has 0 aliphatic heterocycles. The second-order valence-corrected chi connectivity index (χ2v) is 5.19. The third-order valence-electron chi connectivity index (χ3n) is 4.09. The van der Waals surface area contributed by atoms with Crippen LogP contribution in [0, 0.1) is 23.7 Å². The second-order valence-electron chi connectivity index (χ2n) is 5.19. The first-order valence-corrected chi connectivity index (χ1v) is 6.44. The number of fused-ring (bicyclic) bond motifs is 2. The van der Waals surface area contributed by atoms with Gasteiger partial charge in [0.25, 0.3) is 0 Å². The van der Waals surface area contributed by atoms with Gasteiger partial charge in [0, 0.05) is 5.69 Å². The summed E-state index contributed by atoms with van der Waals surface area (Å²) in [6.07, 6.45) is 4.71. The van der Waals surface area contributed by atoms with E-state index in [-0.39, 0.29) is 17.7 Å². The van der Waals surface area contributed by atoms with Gasteiger partial charge in [-0.3, -0.25) is 9.59 Å². The first-order valence-electron chi connectivity index (χ1n) is 6.44. The molecule has 0 heterocycles. The summed E-state index contributed by atoms with van der Waals surface area (Å²) in [5.74, 6) is -2.02. The van der Waals surface area contributed by atoms with Crippen molar-refractivity contribution in [2.75, 3.05) is 5.32 Å². The molecule has 4 atom stereocenters. The van der Waals surface area contributed by atoms with Crippen molar-refractivity contribution >= 4 is 17.6 Å². The molecule has 2 aliphatic carbocycles. The zero-order valence-corrected chi connectivity index (χ0v) is 10.3. The van der Waals surface area contributed by atoms with E-state index in [0.717, 1.165) is 6.42 Å². The summed E-state index contributed by atoms with van der Waals surface area (Å²) in [4.78, 5) is 23.7. The highest BCUT2D eigenvalue weighted by Crippen LogP contribution is 2.48. The van der Waals surface area contributed by atoms with Gasteiger partial charge < -0.3 is 10.4 Å². The lowest BCUT2D eigenvalue weighted by atomic mass is 9.82. The molecule has 2 aliphatic rings. The summed E-state index contributed by atoms with van der Waals surface area (Å²) in [5.41, 5.74) is 0.711. The standard InChI is InChI=1S/C15H15NO3/c17-14(16-11-4-2-1-3-5-11)12-9-6-7-10(8-9)13(12)15(18)19/h1-7,9-10,12-13H,8H2,(H,16,17)(H,18,19)/t9-,10+,12+,13+/m1/s1. The van der Waals surface area contributed by atoms with Crippen LogP contribution in [0.3, 0.4) is 0 Å². The maximum atomic E-state index is 12.3. The molecule has 0 saturated heterocycles. The maximum absolute atomic E-state index is 12.3. The van der Waals surface area contributed by atoms with Crippen LogP contribution in [0.25, 0.3) is 0 Å². The second kappa shape index (κ2) is 4.53. The van der Waals surface area contributed by atoms with Crippen LogP contribution < -0.4 is 5.32 Å². The molecule has 0 aromatic heterocycles. The number of carboxylic acids is 1. The summed E-state index contributed by atoms with van der Waals surface area (Å²) in [5, 5.41) is 12.1. The molecule has 1 aromatic rings. The third-order valence-corrected chi connectivity index (χ3v) is 4.09. The van der Waals surface area contributed by atoms with Crippen LogP contribution in [0.2, 0.25) is 0 Å². The SMILES string of the molecule is O=C(Nc1ccccc1)[C@@H]1[C@@H](C(=O)O)[C@H]2C=C[C@@H]1C2. The van der Waals surface area contributed by atoms with Gasteiger partial charge in [-0.2, -0.15) is 0 Å². The van der Waals surface area contributed by atoms with Crippen molar-refractivity contribution in [3.63, 3.8) is 0 Å². The Morgan fingerprint density at radius 2 is 1.68 bits per heavy atom. The predicted octanol–water partition coefficient (Wildman–Crippen LogP) is 2.15. The Bertz CT molecular complexity index is 538. The minimum absolute atomic E-state index is 0.00835. The van der Waals surface area contributed by atoms with E-state index in [4.69, 9.17) is 0 Å². The number of benzene rings is 1. The minimum atomic E-state index is -0.870. The number of carboxylic acid groups (broad SMARTS) is 1. The van der Waals surface area contributed by atoms with Crippen molar-refractivity contribution < 1.29 is 14.7 Å². The number of hydrogen-bond donors (Lipinski definition) is 2. The van der Waals surface area contributed by atoms with Crippen molar-refractivity contribution in [3.8, 4) is 0 Å². The average Bonchev–Trinajstić information content (AvgIpc) is 2.99. The fraction of sp³-hybridized carbons (Fsp3) is 0.333. The van der Waals surface area contributed by atoms with Gasteiger partial charge in [0.15, 0.2) is 0 Å². The molecule has 4 heteroatoms. The lowest BCUT2D eigenvalue weighted by Gasteiger charge is -2.23. The molecular formula is C15H15NO3. The van der Waals surface area contributed by atoms with E-state index in [1.807, 2.05) is 30.4 Å². The van der Waals surface area contributed by atoms with Crippen molar-refractivity contribution in [2.45, 2.75) is 6.42 Å². The predicted molar refractivity (Wildman–Crippen MR) is 70.4 cm³/mol. The number of para-hydroxylation sites is 1. The molecule has 98 valence electrons. The van der Waals surface area contributed by atoms with Crippen LogP contribution in [0.15, 0.2) is 42.5 Å². The van der Waals surface area contributed by atoms with E-state index in [2.05, 4.69) is 5.32 Å². The molecule has 0 radical (unpaired) electrons. The van der Waals surface area contributed by atoms with E-state index < -0.39 is 17.8 Å². The quantitative estimate of drug-likeness (QED) is 0.815. The fourth-order valence-corrected chi connectivity index (χ4v) is 3.26. The monoisotopic (exact) mass is 257 g/mol. The average molecular weight is 257 g/mol. The normalized spacial score (nSPS) is 31.4. The molecule has 2 N–H and O–H groups in total. The third kappa shape index (κ3) is 2.03. The number of hydrogen-bond acceptors (Lipinski definition) is 2. The van der Waals surface area contributed by atoms with Crippen LogP contribution in [-0.2, 0) is 9.59 Å². The van der Waals surface area contributed by atoms with Gasteiger partial charge in [0.1, 0.15) is 0 Å². The Hall–Kier alpha value is -2.10. The number of anilines is 1. The van der Waals surface area contributed by atoms with E-state index in [1.165, 1.54) is 0 Å². The van der Waals surface area contributed by atoms with Crippen molar-refractivity contribution in [3.05, 3.63) is 42.5 Å². The van der Waals surface area contributed by atoms with E-state index in [1.54, 1.807) is 12.1 Å². The summed E-state index contributed by atoms with van der Waals surface area (Å²) < 4.78 is 0. The van der Waals surface area contributed by atoms with Crippen LogP contribution in [0.1, 0.15) is 6.42 Å². The molecule has 0 spiro atoms. The van der Waals surface area contributed by atoms with E-state index in [9.17, 15) is 14.7 Å². The van der Waals surface area contributed by atoms with Gasteiger partial charge in [-0.15, -0.1) is 0 Å². The highest BCUT2D eigenvalue weighted by Gasteiger charge is 2.51. The summed E-state index contributed by atoms with van der Waals surface area (Å²) >= 11 is 0. The molecule has 1 saturated carbocycles. The summed E-state index contributed by atoms with van der Waals surface area (Å²) in [6.45, 7) is 0. The smallest absolute Gasteiger partial charge is 0.307 e. The number of nitrogens with one attached hydrogen (secondary N) is 1. The van der Waals surface area contributed by atoms with E-state index >= 15 is 0 Å². The van der Waals surface area contributed by atoms with Crippen LogP contribution in [-0.4, -0.2) is 17.0 Å². The van der Waals surface area contributed by atoms with Crippen LogP contribution in [0.5, 0.6) is 0 Å². The van der Waals surface area contributed by atoms with Gasteiger partial charge in [0.05, 0.1) is 11.8 Å². The van der Waals surface area contributed by atoms with Crippen molar-refractivity contribution in [1.29, 1.82) is 0 Å². The van der Waals surface area contributed by atoms with Crippen molar-refractivity contribution in [2.24, 2.45) is 23.7 Å². The van der Waals surface area contributed by atoms with Gasteiger partial charge in [-0.1, -0.05) is 30.4 Å². The van der Waals surface area contributed by atoms with Gasteiger partial charge in [-0.05, 0) is 30.4 Å². The summed E-state index contributed by atoms with van der Waals surface area (Å²) in [7, 11) is 0.